The molecule has 0 aromatic carbocycles. The van der Waals surface area contributed by atoms with E-state index >= 15 is 0 Å². The molecule has 1 unspecified atom stereocenters. The van der Waals surface area contributed by atoms with Crippen LogP contribution in [-0.4, -0.2) is 57.3 Å². The Labute approximate surface area is 130 Å². The van der Waals surface area contributed by atoms with Gasteiger partial charge in [0.1, 0.15) is 5.82 Å². The van der Waals surface area contributed by atoms with Crippen molar-refractivity contribution in [3.63, 3.8) is 0 Å². The zero-order valence-corrected chi connectivity index (χ0v) is 12.6. The molecule has 4 rings (SSSR count). The molecular weight excluding hydrogens is 302 g/mol. The molecule has 22 heavy (non-hydrogen) atoms. The van der Waals surface area contributed by atoms with E-state index in [1.165, 1.54) is 0 Å². The molecule has 1 aliphatic heterocycles. The largest absolute Gasteiger partial charge is 0.394 e. The Hall–Kier alpha value is -2.03. The van der Waals surface area contributed by atoms with Crippen LogP contribution in [0, 0.1) is 0 Å². The van der Waals surface area contributed by atoms with Crippen molar-refractivity contribution < 1.29 is 9.84 Å². The summed E-state index contributed by atoms with van der Waals surface area (Å²) in [7, 11) is 0. The summed E-state index contributed by atoms with van der Waals surface area (Å²) >= 11 is 1.62. The van der Waals surface area contributed by atoms with E-state index in [-0.39, 0.29) is 12.7 Å². The van der Waals surface area contributed by atoms with Crippen LogP contribution >= 0.6 is 11.3 Å². The van der Waals surface area contributed by atoms with Crippen molar-refractivity contribution in [2.75, 3.05) is 31.2 Å². The van der Waals surface area contributed by atoms with Crippen LogP contribution in [-0.2, 0) is 4.74 Å². The Morgan fingerprint density at radius 2 is 2.27 bits per heavy atom. The van der Waals surface area contributed by atoms with Crippen molar-refractivity contribution in [3.8, 4) is 11.4 Å². The quantitative estimate of drug-likeness (QED) is 0.778. The summed E-state index contributed by atoms with van der Waals surface area (Å²) in [6.07, 6.45) is -0.163. The van der Waals surface area contributed by atoms with Crippen LogP contribution in [0.3, 0.4) is 0 Å². The first-order valence-corrected chi connectivity index (χ1v) is 8.02. The summed E-state index contributed by atoms with van der Waals surface area (Å²) in [6, 6.07) is 5.85. The number of morpholine rings is 1. The average molecular weight is 317 g/mol. The fourth-order valence-corrected chi connectivity index (χ4v) is 3.19. The third-order valence-corrected chi connectivity index (χ3v) is 4.38. The molecule has 8 heteroatoms. The Bertz CT molecular complexity index is 773. The number of aliphatic hydroxyl groups is 1. The number of aliphatic hydroxyl groups excluding tert-OH is 1. The highest BCUT2D eigenvalue weighted by molar-refractivity contribution is 7.08. The normalized spacial score (nSPS) is 19.0. The Balaban J connectivity index is 1.72. The number of fused-ring (bicyclic) bond motifs is 1. The van der Waals surface area contributed by atoms with Gasteiger partial charge in [0.15, 0.2) is 11.5 Å². The molecule has 4 heterocycles. The number of nitrogens with zero attached hydrogens (tertiary/aromatic N) is 5. The smallest absolute Gasteiger partial charge is 0.186 e. The lowest BCUT2D eigenvalue weighted by atomic mass is 10.3. The fraction of sp³-hybridized carbons (Fsp3) is 0.357. The van der Waals surface area contributed by atoms with Gasteiger partial charge in [-0.25, -0.2) is 0 Å². The minimum Gasteiger partial charge on any atom is -0.394 e. The molecule has 1 fully saturated rings. The predicted octanol–water partition coefficient (Wildman–Crippen LogP) is 1.05. The van der Waals surface area contributed by atoms with E-state index in [0.717, 1.165) is 29.4 Å². The van der Waals surface area contributed by atoms with Gasteiger partial charge in [-0.1, -0.05) is 0 Å². The van der Waals surface area contributed by atoms with Gasteiger partial charge < -0.3 is 14.7 Å². The molecule has 0 radical (unpaired) electrons. The highest BCUT2D eigenvalue weighted by Gasteiger charge is 2.21. The Morgan fingerprint density at radius 1 is 1.32 bits per heavy atom. The lowest BCUT2D eigenvalue weighted by Gasteiger charge is -2.32. The molecule has 1 N–H and O–H groups in total. The first-order valence-electron chi connectivity index (χ1n) is 7.07. The van der Waals surface area contributed by atoms with E-state index in [0.29, 0.717) is 13.2 Å². The summed E-state index contributed by atoms with van der Waals surface area (Å²) in [4.78, 5) is 2.11. The SMILES string of the molecule is OCC1CN(c2ccc3nnc(-c4ccsc4)n3n2)CCO1. The fourth-order valence-electron chi connectivity index (χ4n) is 2.56. The first-order chi connectivity index (χ1) is 10.8. The molecular formula is C14H15N5O2S. The van der Waals surface area contributed by atoms with Crippen molar-refractivity contribution >= 4 is 22.8 Å². The van der Waals surface area contributed by atoms with E-state index in [1.54, 1.807) is 15.9 Å². The molecule has 0 spiro atoms. The maximum Gasteiger partial charge on any atom is 0.186 e. The summed E-state index contributed by atoms with van der Waals surface area (Å²) in [5, 5.41) is 26.4. The second kappa shape index (κ2) is 5.64. The van der Waals surface area contributed by atoms with Crippen molar-refractivity contribution in [1.29, 1.82) is 0 Å². The van der Waals surface area contributed by atoms with Gasteiger partial charge in [-0.05, 0) is 23.6 Å². The Kier molecular flexibility index (Phi) is 3.49. The molecule has 114 valence electrons. The van der Waals surface area contributed by atoms with Crippen LogP contribution in [0.1, 0.15) is 0 Å². The molecule has 1 aliphatic rings. The maximum atomic E-state index is 9.27. The van der Waals surface area contributed by atoms with Gasteiger partial charge in [0.05, 0.1) is 19.3 Å². The maximum absolute atomic E-state index is 9.27. The van der Waals surface area contributed by atoms with Crippen LogP contribution < -0.4 is 4.90 Å². The molecule has 0 aliphatic carbocycles. The number of hydrogen-bond donors (Lipinski definition) is 1. The monoisotopic (exact) mass is 317 g/mol. The highest BCUT2D eigenvalue weighted by atomic mass is 32.1. The van der Waals surface area contributed by atoms with Crippen molar-refractivity contribution in [3.05, 3.63) is 29.0 Å². The van der Waals surface area contributed by atoms with E-state index in [4.69, 9.17) is 4.74 Å². The van der Waals surface area contributed by atoms with Gasteiger partial charge in [0, 0.05) is 24.0 Å². The summed E-state index contributed by atoms with van der Waals surface area (Å²) < 4.78 is 7.25. The number of thiophene rings is 1. The minimum absolute atomic E-state index is 0.0194. The molecule has 0 bridgehead atoms. The first kappa shape index (κ1) is 13.6. The molecule has 1 saturated heterocycles. The zero-order chi connectivity index (χ0) is 14.9. The highest BCUT2D eigenvalue weighted by Crippen LogP contribution is 2.22. The van der Waals surface area contributed by atoms with Gasteiger partial charge >= 0.3 is 0 Å². The van der Waals surface area contributed by atoms with Gasteiger partial charge in [-0.15, -0.1) is 15.3 Å². The number of aromatic nitrogens is 4. The van der Waals surface area contributed by atoms with Crippen molar-refractivity contribution in [2.24, 2.45) is 0 Å². The Morgan fingerprint density at radius 3 is 3.09 bits per heavy atom. The second-order valence-electron chi connectivity index (χ2n) is 5.12. The van der Waals surface area contributed by atoms with E-state index < -0.39 is 0 Å². The third-order valence-electron chi connectivity index (χ3n) is 3.69. The van der Waals surface area contributed by atoms with Crippen LogP contribution in [0.2, 0.25) is 0 Å². The topological polar surface area (TPSA) is 75.8 Å². The van der Waals surface area contributed by atoms with Crippen molar-refractivity contribution in [1.82, 2.24) is 19.8 Å². The lowest BCUT2D eigenvalue weighted by molar-refractivity contribution is 0.00331. The van der Waals surface area contributed by atoms with E-state index in [1.807, 2.05) is 29.0 Å². The number of anilines is 1. The summed E-state index contributed by atoms with van der Waals surface area (Å²) in [5.41, 5.74) is 1.73. The molecule has 3 aromatic heterocycles. The number of hydrogen-bond acceptors (Lipinski definition) is 7. The number of ether oxygens (including phenoxy) is 1. The van der Waals surface area contributed by atoms with Gasteiger partial charge in [0.25, 0.3) is 0 Å². The zero-order valence-electron chi connectivity index (χ0n) is 11.8. The van der Waals surface area contributed by atoms with Crippen LogP contribution in [0.15, 0.2) is 29.0 Å². The van der Waals surface area contributed by atoms with Crippen LogP contribution in [0.4, 0.5) is 5.82 Å². The summed E-state index contributed by atoms with van der Waals surface area (Å²) in [5.74, 6) is 1.58. The second-order valence-corrected chi connectivity index (χ2v) is 5.90. The number of rotatable bonds is 3. The lowest BCUT2D eigenvalue weighted by Crippen LogP contribution is -2.44. The van der Waals surface area contributed by atoms with Crippen LogP contribution in [0.5, 0.6) is 0 Å². The van der Waals surface area contributed by atoms with E-state index in [9.17, 15) is 5.11 Å². The predicted molar refractivity (Wildman–Crippen MR) is 83.1 cm³/mol. The average Bonchev–Trinajstić information content (AvgIpc) is 3.23. The minimum atomic E-state index is -0.163. The molecule has 0 amide bonds. The van der Waals surface area contributed by atoms with Crippen molar-refractivity contribution in [2.45, 2.75) is 6.10 Å². The molecule has 3 aromatic rings. The van der Waals surface area contributed by atoms with Crippen LogP contribution in [0.25, 0.3) is 17.0 Å². The summed E-state index contributed by atoms with van der Waals surface area (Å²) in [6.45, 7) is 1.99. The third kappa shape index (κ3) is 2.35. The molecule has 7 nitrogen and oxygen atoms in total. The van der Waals surface area contributed by atoms with Gasteiger partial charge in [0.2, 0.25) is 0 Å². The standard InChI is InChI=1S/C14H15N5O2S/c20-8-11-7-18(4-5-21-11)13-2-1-12-15-16-14(19(12)17-13)10-3-6-22-9-10/h1-3,6,9,11,20H,4-5,7-8H2. The van der Waals surface area contributed by atoms with Gasteiger partial charge in [-0.3, -0.25) is 0 Å². The molecule has 1 atom stereocenters. The molecule has 0 saturated carbocycles. The van der Waals surface area contributed by atoms with E-state index in [2.05, 4.69) is 20.2 Å². The van der Waals surface area contributed by atoms with Gasteiger partial charge in [-0.2, -0.15) is 15.9 Å².